The number of carboxylic acids is 1. The zero-order valence-corrected chi connectivity index (χ0v) is 10.2. The number of hydrogen-bond acceptors (Lipinski definition) is 5. The standard InChI is InChI=1S/C12H12N2O3S/c15-10(14-12-13-3-4-18-12)8-6-1-2-7(5-6)9(8)11(16)17/h1-4,6-9H,5H2,(H,16,17)(H,13,14,15)/p-1/t6-,7+,8+,9-/m0/s1. The molecule has 0 unspecified atom stereocenters. The first kappa shape index (κ1) is 11.4. The van der Waals surface area contributed by atoms with Gasteiger partial charge in [-0.25, -0.2) is 4.98 Å². The Morgan fingerprint density at radius 2 is 2.06 bits per heavy atom. The molecule has 1 fully saturated rings. The van der Waals surface area contributed by atoms with Gasteiger partial charge in [-0.3, -0.25) is 4.79 Å². The van der Waals surface area contributed by atoms with Gasteiger partial charge in [0, 0.05) is 23.5 Å². The van der Waals surface area contributed by atoms with E-state index in [1.165, 1.54) is 11.3 Å². The van der Waals surface area contributed by atoms with Crippen LogP contribution in [0.1, 0.15) is 6.42 Å². The molecule has 1 aromatic rings. The Hall–Kier alpha value is -1.69. The first-order valence-electron chi connectivity index (χ1n) is 5.76. The van der Waals surface area contributed by atoms with Crippen molar-refractivity contribution >= 4 is 28.3 Å². The molecule has 5 nitrogen and oxygen atoms in total. The topological polar surface area (TPSA) is 82.1 Å². The zero-order valence-electron chi connectivity index (χ0n) is 9.41. The number of aliphatic carboxylic acids is 1. The highest BCUT2D eigenvalue weighted by atomic mass is 32.1. The summed E-state index contributed by atoms with van der Waals surface area (Å²) in [7, 11) is 0. The molecule has 0 saturated heterocycles. The Kier molecular flexibility index (Phi) is 2.66. The molecule has 1 N–H and O–H groups in total. The summed E-state index contributed by atoms with van der Waals surface area (Å²) in [6.07, 6.45) is 6.15. The van der Waals surface area contributed by atoms with Gasteiger partial charge in [0.15, 0.2) is 5.13 Å². The van der Waals surface area contributed by atoms with Crippen LogP contribution >= 0.6 is 11.3 Å². The Morgan fingerprint density at radius 1 is 1.33 bits per heavy atom. The molecule has 1 amide bonds. The Labute approximate surface area is 108 Å². The van der Waals surface area contributed by atoms with E-state index < -0.39 is 17.8 Å². The quantitative estimate of drug-likeness (QED) is 0.794. The molecule has 2 bridgehead atoms. The van der Waals surface area contributed by atoms with E-state index in [0.29, 0.717) is 5.13 Å². The van der Waals surface area contributed by atoms with Crippen LogP contribution in [0.4, 0.5) is 5.13 Å². The summed E-state index contributed by atoms with van der Waals surface area (Å²) in [6.45, 7) is 0. The van der Waals surface area contributed by atoms with Crippen molar-refractivity contribution in [3.63, 3.8) is 0 Å². The number of carboxylic acid groups (broad SMARTS) is 1. The minimum Gasteiger partial charge on any atom is -0.550 e. The van der Waals surface area contributed by atoms with Gasteiger partial charge in [-0.1, -0.05) is 12.2 Å². The highest BCUT2D eigenvalue weighted by Crippen LogP contribution is 2.48. The van der Waals surface area contributed by atoms with Crippen LogP contribution in [0.15, 0.2) is 23.7 Å². The van der Waals surface area contributed by atoms with Gasteiger partial charge in [-0.2, -0.15) is 0 Å². The van der Waals surface area contributed by atoms with E-state index in [9.17, 15) is 14.7 Å². The fraction of sp³-hybridized carbons (Fsp3) is 0.417. The van der Waals surface area contributed by atoms with Crippen molar-refractivity contribution in [1.29, 1.82) is 0 Å². The molecule has 6 heteroatoms. The van der Waals surface area contributed by atoms with Gasteiger partial charge < -0.3 is 15.2 Å². The highest BCUT2D eigenvalue weighted by molar-refractivity contribution is 7.13. The Balaban J connectivity index is 1.80. The Bertz CT molecular complexity index is 511. The van der Waals surface area contributed by atoms with Crippen molar-refractivity contribution in [2.24, 2.45) is 23.7 Å². The van der Waals surface area contributed by atoms with Crippen LogP contribution in [0.3, 0.4) is 0 Å². The summed E-state index contributed by atoms with van der Waals surface area (Å²) in [5, 5.41) is 16.1. The third kappa shape index (κ3) is 1.73. The minimum atomic E-state index is -1.13. The average molecular weight is 263 g/mol. The van der Waals surface area contributed by atoms with Crippen molar-refractivity contribution in [3.05, 3.63) is 23.7 Å². The van der Waals surface area contributed by atoms with Crippen LogP contribution in [0.2, 0.25) is 0 Å². The summed E-state index contributed by atoms with van der Waals surface area (Å²) < 4.78 is 0. The first-order valence-corrected chi connectivity index (χ1v) is 6.64. The maximum Gasteiger partial charge on any atom is 0.230 e. The molecule has 2 aliphatic rings. The van der Waals surface area contributed by atoms with Gasteiger partial charge in [0.05, 0.1) is 5.92 Å². The van der Waals surface area contributed by atoms with Gasteiger partial charge in [-0.05, 0) is 18.3 Å². The van der Waals surface area contributed by atoms with E-state index >= 15 is 0 Å². The molecule has 4 atom stereocenters. The summed E-state index contributed by atoms with van der Waals surface area (Å²) >= 11 is 1.32. The molecule has 0 aliphatic heterocycles. The first-order chi connectivity index (χ1) is 8.66. The van der Waals surface area contributed by atoms with E-state index in [2.05, 4.69) is 10.3 Å². The van der Waals surface area contributed by atoms with Crippen LogP contribution in [-0.4, -0.2) is 16.9 Å². The van der Waals surface area contributed by atoms with Gasteiger partial charge >= 0.3 is 0 Å². The number of nitrogens with zero attached hydrogens (tertiary/aromatic N) is 1. The molecular formula is C12H11N2O3S-. The van der Waals surface area contributed by atoms with Crippen LogP contribution < -0.4 is 10.4 Å². The average Bonchev–Trinajstić information content (AvgIpc) is 3.03. The molecule has 94 valence electrons. The molecule has 2 aliphatic carbocycles. The normalized spacial score (nSPS) is 32.7. The van der Waals surface area contributed by atoms with Crippen molar-refractivity contribution in [2.75, 3.05) is 5.32 Å². The molecule has 3 rings (SSSR count). The number of amides is 1. The van der Waals surface area contributed by atoms with Crippen LogP contribution in [-0.2, 0) is 9.59 Å². The van der Waals surface area contributed by atoms with Gasteiger partial charge in [0.2, 0.25) is 5.91 Å². The van der Waals surface area contributed by atoms with Gasteiger partial charge in [0.25, 0.3) is 0 Å². The smallest absolute Gasteiger partial charge is 0.230 e. The molecule has 1 heterocycles. The number of rotatable bonds is 3. The maximum atomic E-state index is 12.1. The fourth-order valence-electron chi connectivity index (χ4n) is 2.97. The third-order valence-electron chi connectivity index (χ3n) is 3.70. The third-order valence-corrected chi connectivity index (χ3v) is 4.39. The van der Waals surface area contributed by atoms with Crippen molar-refractivity contribution in [1.82, 2.24) is 4.98 Å². The second-order valence-electron chi connectivity index (χ2n) is 4.65. The minimum absolute atomic E-state index is 0.0119. The molecule has 0 aromatic carbocycles. The number of carbonyl (C=O) groups excluding carboxylic acids is 2. The van der Waals surface area contributed by atoms with E-state index in [-0.39, 0.29) is 17.7 Å². The van der Waals surface area contributed by atoms with Crippen molar-refractivity contribution < 1.29 is 14.7 Å². The van der Waals surface area contributed by atoms with Crippen LogP contribution in [0, 0.1) is 23.7 Å². The monoisotopic (exact) mass is 263 g/mol. The van der Waals surface area contributed by atoms with Crippen molar-refractivity contribution in [2.45, 2.75) is 6.42 Å². The van der Waals surface area contributed by atoms with E-state index in [0.717, 1.165) is 6.42 Å². The van der Waals surface area contributed by atoms with E-state index in [1.807, 2.05) is 12.2 Å². The lowest BCUT2D eigenvalue weighted by Crippen LogP contribution is -2.42. The number of allylic oxidation sites excluding steroid dienone is 2. The SMILES string of the molecule is O=C([O-])[C@@H]1[C@H](C(=O)Nc2nccs2)[C@H]2C=C[C@@H]1C2. The van der Waals surface area contributed by atoms with Crippen molar-refractivity contribution in [3.8, 4) is 0 Å². The predicted octanol–water partition coefficient (Wildman–Crippen LogP) is 0.270. The summed E-state index contributed by atoms with van der Waals surface area (Å²) in [5.74, 6) is -2.69. The number of nitrogens with one attached hydrogen (secondary N) is 1. The molecule has 0 spiro atoms. The molecular weight excluding hydrogens is 252 g/mol. The lowest BCUT2D eigenvalue weighted by atomic mass is 9.82. The number of thiazole rings is 1. The second-order valence-corrected chi connectivity index (χ2v) is 5.54. The van der Waals surface area contributed by atoms with Gasteiger partial charge in [-0.15, -0.1) is 11.3 Å². The fourth-order valence-corrected chi connectivity index (χ4v) is 3.51. The van der Waals surface area contributed by atoms with Crippen LogP contribution in [0.25, 0.3) is 0 Å². The molecule has 0 radical (unpaired) electrons. The summed E-state index contributed by atoms with van der Waals surface area (Å²) in [6, 6.07) is 0. The number of anilines is 1. The predicted molar refractivity (Wildman–Crippen MR) is 63.5 cm³/mol. The Morgan fingerprint density at radius 3 is 2.67 bits per heavy atom. The summed E-state index contributed by atoms with van der Waals surface area (Å²) in [4.78, 5) is 27.3. The lowest BCUT2D eigenvalue weighted by molar-refractivity contribution is -0.313. The number of carbonyl (C=O) groups is 2. The number of hydrogen-bond donors (Lipinski definition) is 1. The summed E-state index contributed by atoms with van der Waals surface area (Å²) in [5.41, 5.74) is 0. The number of aromatic nitrogens is 1. The lowest BCUT2D eigenvalue weighted by Gasteiger charge is -2.27. The van der Waals surface area contributed by atoms with Crippen LogP contribution in [0.5, 0.6) is 0 Å². The second kappa shape index (κ2) is 4.20. The zero-order chi connectivity index (χ0) is 12.7. The number of fused-ring (bicyclic) bond motifs is 2. The van der Waals surface area contributed by atoms with Gasteiger partial charge in [0.1, 0.15) is 0 Å². The van der Waals surface area contributed by atoms with E-state index in [1.54, 1.807) is 11.6 Å². The largest absolute Gasteiger partial charge is 0.550 e. The molecule has 1 saturated carbocycles. The molecule has 18 heavy (non-hydrogen) atoms. The maximum absolute atomic E-state index is 12.1. The van der Waals surface area contributed by atoms with E-state index in [4.69, 9.17) is 0 Å². The highest BCUT2D eigenvalue weighted by Gasteiger charge is 2.48. The molecule has 1 aromatic heterocycles.